The largest absolute Gasteiger partial charge is 0.493 e. The van der Waals surface area contributed by atoms with E-state index in [4.69, 9.17) is 21.2 Å². The van der Waals surface area contributed by atoms with Gasteiger partial charge in [0.1, 0.15) is 0 Å². The number of rotatable bonds is 5. The van der Waals surface area contributed by atoms with Crippen LogP contribution in [0.5, 0.6) is 5.75 Å². The van der Waals surface area contributed by atoms with Crippen LogP contribution >= 0.6 is 0 Å². The van der Waals surface area contributed by atoms with Crippen molar-refractivity contribution in [3.05, 3.63) is 83.3 Å². The van der Waals surface area contributed by atoms with E-state index < -0.39 is 5.91 Å². The number of aromatic nitrogens is 2. The van der Waals surface area contributed by atoms with Crippen molar-refractivity contribution in [2.75, 3.05) is 12.8 Å². The molecule has 2 aromatic heterocycles. The average Bonchev–Trinajstić information content (AvgIpc) is 3.20. The maximum absolute atomic E-state index is 11.6. The van der Waals surface area contributed by atoms with Crippen molar-refractivity contribution in [2.24, 2.45) is 10.7 Å². The minimum atomic E-state index is -0.472. The van der Waals surface area contributed by atoms with Crippen LogP contribution in [0.15, 0.2) is 66.0 Å². The summed E-state index contributed by atoms with van der Waals surface area (Å²) in [5.41, 5.74) is 17.0. The number of amides is 1. The van der Waals surface area contributed by atoms with Gasteiger partial charge in [-0.15, -0.1) is 0 Å². The first kappa shape index (κ1) is 18.4. The average molecular weight is 385 g/mol. The molecule has 0 bridgehead atoms. The Morgan fingerprint density at radius 1 is 1.07 bits per heavy atom. The van der Waals surface area contributed by atoms with Gasteiger partial charge in [0.2, 0.25) is 5.91 Å². The van der Waals surface area contributed by atoms with Crippen LogP contribution in [-0.2, 0) is 0 Å². The first-order valence-corrected chi connectivity index (χ1v) is 8.98. The summed E-state index contributed by atoms with van der Waals surface area (Å²) in [6.07, 6.45) is 5.73. The number of carbonyl (C=O) groups is 1. The Hall–Kier alpha value is -4.00. The number of benzene rings is 1. The van der Waals surface area contributed by atoms with Gasteiger partial charge in [-0.2, -0.15) is 0 Å². The number of pyridine rings is 2. The number of primary amides is 1. The summed E-state index contributed by atoms with van der Waals surface area (Å²) >= 11 is 0. The molecule has 7 heteroatoms. The molecule has 4 rings (SSSR count). The quantitative estimate of drug-likeness (QED) is 0.700. The number of allylic oxidation sites excluding steroid dienone is 1. The highest BCUT2D eigenvalue weighted by Crippen LogP contribution is 2.38. The van der Waals surface area contributed by atoms with Crippen molar-refractivity contribution < 1.29 is 9.53 Å². The summed E-state index contributed by atoms with van der Waals surface area (Å²) in [7, 11) is 1.56. The molecule has 3 aromatic rings. The van der Waals surface area contributed by atoms with E-state index in [1.807, 2.05) is 24.3 Å². The van der Waals surface area contributed by atoms with E-state index in [1.165, 1.54) is 0 Å². The number of methoxy groups -OCH3 is 1. The predicted molar refractivity (Wildman–Crippen MR) is 112 cm³/mol. The maximum Gasteiger partial charge on any atom is 0.248 e. The predicted octanol–water partition coefficient (Wildman–Crippen LogP) is 2.93. The SMILES string of the molecule is COc1cc(C2=C(c3ccncc3)N=C(c3cccc(C(N)=O)c3)C2)cnc1N. The number of carbonyl (C=O) groups excluding carboxylic acids is 1. The molecule has 29 heavy (non-hydrogen) atoms. The van der Waals surface area contributed by atoms with Crippen LogP contribution in [0.2, 0.25) is 0 Å². The number of nitrogens with two attached hydrogens (primary N) is 2. The van der Waals surface area contributed by atoms with Gasteiger partial charge in [-0.1, -0.05) is 12.1 Å². The summed E-state index contributed by atoms with van der Waals surface area (Å²) in [5, 5.41) is 0. The number of nitrogens with zero attached hydrogens (tertiary/aromatic N) is 3. The number of hydrogen-bond donors (Lipinski definition) is 2. The molecular weight excluding hydrogens is 366 g/mol. The summed E-state index contributed by atoms with van der Waals surface area (Å²) in [5.74, 6) is 0.365. The molecule has 1 aliphatic heterocycles. The molecule has 0 atom stereocenters. The minimum absolute atomic E-state index is 0.329. The van der Waals surface area contributed by atoms with Crippen LogP contribution in [0.25, 0.3) is 11.3 Å². The van der Waals surface area contributed by atoms with Gasteiger partial charge in [-0.3, -0.25) is 14.8 Å². The number of anilines is 1. The van der Waals surface area contributed by atoms with Crippen molar-refractivity contribution in [1.82, 2.24) is 9.97 Å². The van der Waals surface area contributed by atoms with E-state index in [-0.39, 0.29) is 0 Å². The number of nitrogen functional groups attached to an aromatic ring is 1. The highest BCUT2D eigenvalue weighted by Gasteiger charge is 2.23. The van der Waals surface area contributed by atoms with Gasteiger partial charge in [-0.25, -0.2) is 4.98 Å². The Balaban J connectivity index is 1.81. The van der Waals surface area contributed by atoms with Crippen molar-refractivity contribution in [1.29, 1.82) is 0 Å². The zero-order valence-corrected chi connectivity index (χ0v) is 15.8. The second-order valence-corrected chi connectivity index (χ2v) is 6.55. The first-order chi connectivity index (χ1) is 14.1. The molecule has 3 heterocycles. The Morgan fingerprint density at radius 2 is 1.86 bits per heavy atom. The molecule has 1 amide bonds. The lowest BCUT2D eigenvalue weighted by Gasteiger charge is -2.10. The van der Waals surface area contributed by atoms with E-state index >= 15 is 0 Å². The molecule has 0 radical (unpaired) electrons. The normalized spacial score (nSPS) is 13.3. The van der Waals surface area contributed by atoms with Gasteiger partial charge in [0.05, 0.1) is 18.5 Å². The van der Waals surface area contributed by atoms with Gasteiger partial charge in [0, 0.05) is 41.7 Å². The summed E-state index contributed by atoms with van der Waals surface area (Å²) in [6.45, 7) is 0. The molecule has 7 nitrogen and oxygen atoms in total. The number of ether oxygens (including phenoxy) is 1. The monoisotopic (exact) mass is 385 g/mol. The van der Waals surface area contributed by atoms with Crippen LogP contribution in [-0.4, -0.2) is 28.7 Å². The second-order valence-electron chi connectivity index (χ2n) is 6.55. The Morgan fingerprint density at radius 3 is 2.59 bits per heavy atom. The lowest BCUT2D eigenvalue weighted by atomic mass is 9.96. The molecule has 0 aliphatic carbocycles. The molecule has 1 aromatic carbocycles. The smallest absolute Gasteiger partial charge is 0.248 e. The molecular formula is C22H19N5O2. The minimum Gasteiger partial charge on any atom is -0.493 e. The Labute approximate surface area is 167 Å². The zero-order chi connectivity index (χ0) is 20.4. The van der Waals surface area contributed by atoms with E-state index in [2.05, 4.69) is 9.97 Å². The van der Waals surface area contributed by atoms with Gasteiger partial charge < -0.3 is 16.2 Å². The van der Waals surface area contributed by atoms with Crippen LogP contribution in [0.4, 0.5) is 5.82 Å². The Kier molecular flexibility index (Phi) is 4.78. The van der Waals surface area contributed by atoms with Gasteiger partial charge >= 0.3 is 0 Å². The fraction of sp³-hybridized carbons (Fsp3) is 0.0909. The second kappa shape index (κ2) is 7.55. The summed E-state index contributed by atoms with van der Waals surface area (Å²) in [6, 6.07) is 12.8. The van der Waals surface area contributed by atoms with Crippen LogP contribution in [0.1, 0.15) is 33.5 Å². The lowest BCUT2D eigenvalue weighted by Crippen LogP contribution is -2.11. The maximum atomic E-state index is 11.6. The fourth-order valence-electron chi connectivity index (χ4n) is 3.28. The van der Waals surface area contributed by atoms with E-state index in [1.54, 1.807) is 43.9 Å². The highest BCUT2D eigenvalue weighted by molar-refractivity contribution is 6.17. The van der Waals surface area contributed by atoms with Gasteiger partial charge in [-0.05, 0) is 41.5 Å². The molecule has 0 spiro atoms. The fourth-order valence-corrected chi connectivity index (χ4v) is 3.28. The zero-order valence-electron chi connectivity index (χ0n) is 15.8. The molecule has 4 N–H and O–H groups in total. The van der Waals surface area contributed by atoms with E-state index in [0.717, 1.165) is 33.7 Å². The third kappa shape index (κ3) is 3.58. The lowest BCUT2D eigenvalue weighted by molar-refractivity contribution is 0.100. The van der Waals surface area contributed by atoms with Gasteiger partial charge in [0.25, 0.3) is 0 Å². The summed E-state index contributed by atoms with van der Waals surface area (Å²) in [4.78, 5) is 24.8. The van der Waals surface area contributed by atoms with E-state index in [0.29, 0.717) is 23.6 Å². The Bertz CT molecular complexity index is 1150. The van der Waals surface area contributed by atoms with Crippen LogP contribution < -0.4 is 16.2 Å². The third-order valence-electron chi connectivity index (χ3n) is 4.76. The molecule has 0 saturated carbocycles. The topological polar surface area (TPSA) is 116 Å². The molecule has 144 valence electrons. The standard InChI is InChI=1S/C22H19N5O2/c1-29-19-10-16(12-26-21(19)23)17-11-18(14-3-2-4-15(9-14)22(24)28)27-20(17)13-5-7-25-8-6-13/h2-10,12H,11H2,1H3,(H2,23,26)(H2,24,28). The summed E-state index contributed by atoms with van der Waals surface area (Å²) < 4.78 is 5.33. The highest BCUT2D eigenvalue weighted by atomic mass is 16.5. The van der Waals surface area contributed by atoms with Crippen molar-refractivity contribution in [2.45, 2.75) is 6.42 Å². The first-order valence-electron chi connectivity index (χ1n) is 8.98. The molecule has 0 saturated heterocycles. The van der Waals surface area contributed by atoms with E-state index in [9.17, 15) is 4.79 Å². The van der Waals surface area contributed by atoms with Crippen molar-refractivity contribution >= 4 is 28.7 Å². The van der Waals surface area contributed by atoms with Crippen LogP contribution in [0, 0.1) is 0 Å². The molecule has 1 aliphatic rings. The van der Waals surface area contributed by atoms with Crippen molar-refractivity contribution in [3.8, 4) is 5.75 Å². The van der Waals surface area contributed by atoms with Crippen LogP contribution in [0.3, 0.4) is 0 Å². The van der Waals surface area contributed by atoms with Gasteiger partial charge in [0.15, 0.2) is 11.6 Å². The molecule has 0 unspecified atom stereocenters. The third-order valence-corrected chi connectivity index (χ3v) is 4.76. The number of hydrogen-bond acceptors (Lipinski definition) is 6. The molecule has 0 fully saturated rings. The number of aliphatic imine (C=N–C) groups is 1. The van der Waals surface area contributed by atoms with Crippen molar-refractivity contribution in [3.63, 3.8) is 0 Å².